The molecule has 0 fully saturated rings. The van der Waals surface area contributed by atoms with E-state index in [1.807, 2.05) is 17.5 Å². The maximum atomic E-state index is 14.0. The fourth-order valence-corrected chi connectivity index (χ4v) is 7.78. The molecule has 0 saturated heterocycles. The summed E-state index contributed by atoms with van der Waals surface area (Å²) >= 11 is 13.5. The molecule has 0 spiro atoms. The molecule has 0 radical (unpaired) electrons. The Morgan fingerprint density at radius 1 is 0.833 bits per heavy atom. The second-order valence-electron chi connectivity index (χ2n) is 11.1. The topological polar surface area (TPSA) is 71.1 Å². The van der Waals surface area contributed by atoms with Crippen LogP contribution in [0.4, 0.5) is 10.8 Å². The molecular weight excluding hydrogens is 585 g/mol. The summed E-state index contributed by atoms with van der Waals surface area (Å²) < 4.78 is 0. The average molecular weight is 611 g/mol. The average Bonchev–Trinajstić information content (AvgIpc) is 3.45. The third-order valence-electron chi connectivity index (χ3n) is 8.41. The zero-order valence-electron chi connectivity index (χ0n) is 22.5. The zero-order chi connectivity index (χ0) is 29.0. The number of hydrogen-bond donors (Lipinski definition) is 2. The van der Waals surface area contributed by atoms with Crippen LogP contribution in [0.15, 0.2) is 96.4 Å². The van der Waals surface area contributed by atoms with Crippen LogP contribution in [0.3, 0.4) is 0 Å². The molecule has 42 heavy (non-hydrogen) atoms. The zero-order valence-corrected chi connectivity index (χ0v) is 24.9. The first-order chi connectivity index (χ1) is 20.3. The van der Waals surface area contributed by atoms with E-state index >= 15 is 0 Å². The molecule has 208 valence electrons. The van der Waals surface area contributed by atoms with Crippen LogP contribution in [0.1, 0.15) is 57.8 Å². The third-order valence-corrected chi connectivity index (χ3v) is 9.61. The first-order valence-electron chi connectivity index (χ1n) is 13.6. The number of nitrogens with zero attached hydrogens (tertiary/aromatic N) is 1. The molecule has 1 atom stereocenters. The first-order valence-corrected chi connectivity index (χ1v) is 15.3. The standard InChI is InChI=1S/C34H25Cl2N3O2S/c1-34(17-28-24-9-2-4-11-26(24)30(34)27-12-5-3-10-25(27)28)32(41)39-33-38-29(18-42-33)19-7-6-8-20(13-19)31(40)37-23-15-21(35)14-22(36)16-23/h2-16,18,28,30H,17H2,1H3,(H,37,40)(H,38,39,41). The van der Waals surface area contributed by atoms with Gasteiger partial charge in [-0.05, 0) is 65.9 Å². The number of hydrogen-bond acceptors (Lipinski definition) is 4. The lowest BCUT2D eigenvalue weighted by atomic mass is 9.52. The molecule has 5 nitrogen and oxygen atoms in total. The van der Waals surface area contributed by atoms with Crippen molar-refractivity contribution < 1.29 is 9.59 Å². The van der Waals surface area contributed by atoms with Crippen LogP contribution >= 0.6 is 34.5 Å². The maximum Gasteiger partial charge on any atom is 0.255 e. The Hall–Kier alpha value is -3.97. The van der Waals surface area contributed by atoms with E-state index in [-0.39, 0.29) is 23.7 Å². The predicted octanol–water partition coefficient (Wildman–Crippen LogP) is 9.00. The van der Waals surface area contributed by atoms with Gasteiger partial charge < -0.3 is 10.6 Å². The molecule has 3 aliphatic carbocycles. The van der Waals surface area contributed by atoms with Gasteiger partial charge in [0.1, 0.15) is 0 Å². The SMILES string of the molecule is CC1(C(=O)Nc2nc(-c3cccc(C(=O)Nc4cc(Cl)cc(Cl)c4)c3)cs2)CC2c3ccccc3C1c1ccccc12. The number of carbonyl (C=O) groups excluding carboxylic acids is 2. The van der Waals surface area contributed by atoms with Gasteiger partial charge in [-0.25, -0.2) is 4.98 Å². The number of thiazole rings is 1. The first kappa shape index (κ1) is 26.9. The lowest BCUT2D eigenvalue weighted by Gasteiger charge is -2.50. The van der Waals surface area contributed by atoms with Gasteiger partial charge in [0.05, 0.1) is 11.1 Å². The maximum absolute atomic E-state index is 14.0. The van der Waals surface area contributed by atoms with Gasteiger partial charge in [0, 0.05) is 44.1 Å². The van der Waals surface area contributed by atoms with Crippen molar-refractivity contribution in [2.45, 2.75) is 25.2 Å². The van der Waals surface area contributed by atoms with Crippen molar-refractivity contribution in [3.63, 3.8) is 0 Å². The number of fused-ring (bicyclic) bond motifs is 1. The number of carbonyl (C=O) groups is 2. The van der Waals surface area contributed by atoms with E-state index in [0.717, 1.165) is 12.0 Å². The fraction of sp³-hybridized carbons (Fsp3) is 0.147. The van der Waals surface area contributed by atoms with E-state index in [0.29, 0.717) is 32.1 Å². The minimum atomic E-state index is -0.625. The second-order valence-corrected chi connectivity index (χ2v) is 12.8. The predicted molar refractivity (Wildman–Crippen MR) is 170 cm³/mol. The summed E-state index contributed by atoms with van der Waals surface area (Å²) in [6.07, 6.45) is 0.741. The fourth-order valence-electron chi connectivity index (χ4n) is 6.54. The molecule has 1 unspecified atom stereocenters. The number of nitrogens with one attached hydrogen (secondary N) is 2. The van der Waals surface area contributed by atoms with Crippen molar-refractivity contribution in [2.75, 3.05) is 10.6 Å². The van der Waals surface area contributed by atoms with Crippen molar-refractivity contribution >= 4 is 57.2 Å². The molecule has 0 saturated carbocycles. The van der Waals surface area contributed by atoms with E-state index in [1.165, 1.54) is 33.6 Å². The van der Waals surface area contributed by atoms with Crippen LogP contribution in [0.25, 0.3) is 11.3 Å². The lowest BCUT2D eigenvalue weighted by Crippen LogP contribution is -2.47. The van der Waals surface area contributed by atoms with Crippen LogP contribution in [-0.2, 0) is 4.79 Å². The van der Waals surface area contributed by atoms with Crippen molar-refractivity contribution in [3.8, 4) is 11.3 Å². The van der Waals surface area contributed by atoms with Crippen LogP contribution < -0.4 is 10.6 Å². The smallest absolute Gasteiger partial charge is 0.255 e. The number of halogens is 2. The Bertz CT molecular complexity index is 1820. The van der Waals surface area contributed by atoms with Gasteiger partial charge in [-0.2, -0.15) is 0 Å². The van der Waals surface area contributed by atoms with Gasteiger partial charge in [-0.3, -0.25) is 9.59 Å². The Kier molecular flexibility index (Phi) is 6.65. The summed E-state index contributed by atoms with van der Waals surface area (Å²) in [7, 11) is 0. The van der Waals surface area contributed by atoms with Gasteiger partial charge in [0.15, 0.2) is 5.13 Å². The molecule has 1 aromatic heterocycles. The largest absolute Gasteiger partial charge is 0.322 e. The van der Waals surface area contributed by atoms with E-state index < -0.39 is 5.41 Å². The quantitative estimate of drug-likeness (QED) is 0.209. The number of rotatable bonds is 5. The van der Waals surface area contributed by atoms with E-state index in [4.69, 9.17) is 28.2 Å². The molecular formula is C34H25Cl2N3O2S. The molecule has 8 rings (SSSR count). The molecule has 8 heteroatoms. The Morgan fingerprint density at radius 3 is 2.14 bits per heavy atom. The summed E-state index contributed by atoms with van der Waals surface area (Å²) in [5.41, 5.74) is 6.93. The van der Waals surface area contributed by atoms with Gasteiger partial charge in [-0.1, -0.05) is 83.9 Å². The highest BCUT2D eigenvalue weighted by Gasteiger charge is 2.54. The van der Waals surface area contributed by atoms with Crippen molar-refractivity contribution in [2.24, 2.45) is 5.41 Å². The van der Waals surface area contributed by atoms with E-state index in [1.54, 1.807) is 30.3 Å². The monoisotopic (exact) mass is 609 g/mol. The molecule has 3 aliphatic rings. The second kappa shape index (κ2) is 10.4. The van der Waals surface area contributed by atoms with Crippen LogP contribution in [0, 0.1) is 5.41 Å². The minimum Gasteiger partial charge on any atom is -0.322 e. The highest BCUT2D eigenvalue weighted by atomic mass is 35.5. The molecule has 2 bridgehead atoms. The van der Waals surface area contributed by atoms with Gasteiger partial charge in [-0.15, -0.1) is 11.3 Å². The normalized spacial score (nSPS) is 20.0. The summed E-state index contributed by atoms with van der Waals surface area (Å²) in [5, 5.41) is 9.27. The van der Waals surface area contributed by atoms with Crippen LogP contribution in [0.2, 0.25) is 10.0 Å². The Morgan fingerprint density at radius 2 is 1.48 bits per heavy atom. The summed E-state index contributed by atoms with van der Waals surface area (Å²) in [6.45, 7) is 2.08. The molecule has 2 N–H and O–H groups in total. The lowest BCUT2D eigenvalue weighted by molar-refractivity contribution is -0.126. The highest BCUT2D eigenvalue weighted by molar-refractivity contribution is 7.14. The third kappa shape index (κ3) is 4.60. The Balaban J connectivity index is 1.12. The summed E-state index contributed by atoms with van der Waals surface area (Å²) in [5.74, 6) is -0.170. The van der Waals surface area contributed by atoms with Gasteiger partial charge >= 0.3 is 0 Å². The van der Waals surface area contributed by atoms with Crippen LogP contribution in [-0.4, -0.2) is 16.8 Å². The minimum absolute atomic E-state index is 0.0288. The molecule has 1 heterocycles. The molecule has 2 amide bonds. The highest BCUT2D eigenvalue weighted by Crippen LogP contribution is 2.61. The molecule has 0 aliphatic heterocycles. The summed E-state index contributed by atoms with van der Waals surface area (Å²) in [4.78, 5) is 31.7. The number of benzene rings is 4. The number of anilines is 2. The van der Waals surface area contributed by atoms with Gasteiger partial charge in [0.25, 0.3) is 5.91 Å². The molecule has 4 aromatic carbocycles. The van der Waals surface area contributed by atoms with Gasteiger partial charge in [0.2, 0.25) is 5.91 Å². The molecule has 5 aromatic rings. The van der Waals surface area contributed by atoms with E-state index in [9.17, 15) is 9.59 Å². The number of aromatic nitrogens is 1. The van der Waals surface area contributed by atoms with Crippen molar-refractivity contribution in [1.82, 2.24) is 4.98 Å². The Labute approximate surface area is 257 Å². The van der Waals surface area contributed by atoms with Crippen molar-refractivity contribution in [1.29, 1.82) is 0 Å². The van der Waals surface area contributed by atoms with Crippen LogP contribution in [0.5, 0.6) is 0 Å². The van der Waals surface area contributed by atoms with E-state index in [2.05, 4.69) is 66.1 Å². The number of amides is 2. The van der Waals surface area contributed by atoms with Crippen molar-refractivity contribution in [3.05, 3.63) is 134 Å². The summed E-state index contributed by atoms with van der Waals surface area (Å²) in [6, 6.07) is 29.1.